The van der Waals surface area contributed by atoms with Gasteiger partial charge in [0.2, 0.25) is 5.88 Å². The van der Waals surface area contributed by atoms with E-state index < -0.39 is 23.2 Å². The molecule has 136 valence electrons. The lowest BCUT2D eigenvalue weighted by molar-refractivity contribution is -0.0388. The Hall–Kier alpha value is -3.20. The van der Waals surface area contributed by atoms with Gasteiger partial charge in [0.15, 0.2) is 5.84 Å². The van der Waals surface area contributed by atoms with Crippen LogP contribution in [0.3, 0.4) is 0 Å². The lowest BCUT2D eigenvalue weighted by Crippen LogP contribution is -2.46. The molecule has 0 bridgehead atoms. The highest BCUT2D eigenvalue weighted by Crippen LogP contribution is 2.30. The molecule has 1 aliphatic heterocycles. The van der Waals surface area contributed by atoms with E-state index in [1.165, 1.54) is 14.1 Å². The van der Waals surface area contributed by atoms with Crippen molar-refractivity contribution in [1.82, 2.24) is 14.2 Å². The molecule has 0 amide bonds. The van der Waals surface area contributed by atoms with E-state index in [0.717, 1.165) is 14.2 Å². The lowest BCUT2D eigenvalue weighted by atomic mass is 9.96. The van der Waals surface area contributed by atoms with Crippen LogP contribution in [0, 0.1) is 0 Å². The second-order valence-corrected chi connectivity index (χ2v) is 5.91. The van der Waals surface area contributed by atoms with Gasteiger partial charge in [-0.2, -0.15) is 5.10 Å². The molecule has 0 saturated carbocycles. The molecule has 0 spiro atoms. The molecule has 1 unspecified atom stereocenters. The van der Waals surface area contributed by atoms with Gasteiger partial charge in [0.05, 0.1) is 0 Å². The molecule has 0 aliphatic carbocycles. The first-order valence-electron chi connectivity index (χ1n) is 8.05. The summed E-state index contributed by atoms with van der Waals surface area (Å²) in [5, 5.41) is 30.2. The third-order valence-corrected chi connectivity index (χ3v) is 4.37. The van der Waals surface area contributed by atoms with Gasteiger partial charge in [-0.05, 0) is 0 Å². The van der Waals surface area contributed by atoms with Crippen LogP contribution in [0.25, 0.3) is 0 Å². The molecule has 0 radical (unpaired) electrons. The molecular weight excluding hydrogens is 338 g/mol. The molecule has 0 saturated heterocycles. The van der Waals surface area contributed by atoms with Gasteiger partial charge in [-0.15, -0.1) is 5.10 Å². The zero-order valence-electron chi connectivity index (χ0n) is 14.6. The number of hydroxylamine groups is 2. The predicted molar refractivity (Wildman–Crippen MR) is 95.7 cm³/mol. The van der Waals surface area contributed by atoms with E-state index in [9.17, 15) is 19.9 Å². The normalized spacial score (nSPS) is 17.1. The standard InChI is InChI=1S/C17H19N5O4/c1-4-11-18-19-13(10-8-6-5-7-9-10)14(22(11)26)12-15(23)20(2)17(25)21(3)16(12)24/h5-9,14,23,26H,4H2,1-3H3. The first kappa shape index (κ1) is 17.6. The number of aromatic nitrogens is 2. The summed E-state index contributed by atoms with van der Waals surface area (Å²) in [6.07, 6.45) is 0.366. The largest absolute Gasteiger partial charge is 0.494 e. The van der Waals surface area contributed by atoms with Gasteiger partial charge in [-0.3, -0.25) is 19.1 Å². The molecule has 1 aliphatic rings. The van der Waals surface area contributed by atoms with Gasteiger partial charge in [-0.1, -0.05) is 37.3 Å². The fraction of sp³-hybridized carbons (Fsp3) is 0.294. The van der Waals surface area contributed by atoms with E-state index in [2.05, 4.69) is 10.2 Å². The van der Waals surface area contributed by atoms with E-state index in [1.54, 1.807) is 31.2 Å². The predicted octanol–water partition coefficient (Wildman–Crippen LogP) is 0.748. The van der Waals surface area contributed by atoms with Gasteiger partial charge in [-0.25, -0.2) is 9.86 Å². The third kappa shape index (κ3) is 2.62. The topological polar surface area (TPSA) is 112 Å². The third-order valence-electron chi connectivity index (χ3n) is 4.37. The van der Waals surface area contributed by atoms with Crippen LogP contribution in [0.4, 0.5) is 0 Å². The van der Waals surface area contributed by atoms with Crippen molar-refractivity contribution >= 4 is 11.5 Å². The average molecular weight is 357 g/mol. The summed E-state index contributed by atoms with van der Waals surface area (Å²) < 4.78 is 1.83. The molecule has 1 aromatic heterocycles. The zero-order chi connectivity index (χ0) is 19.0. The Morgan fingerprint density at radius 1 is 1.08 bits per heavy atom. The second-order valence-electron chi connectivity index (χ2n) is 5.91. The maximum atomic E-state index is 12.7. The van der Waals surface area contributed by atoms with Crippen LogP contribution in [-0.4, -0.2) is 36.1 Å². The van der Waals surface area contributed by atoms with Crippen molar-refractivity contribution in [3.8, 4) is 5.88 Å². The molecule has 2 N–H and O–H groups in total. The summed E-state index contributed by atoms with van der Waals surface area (Å²) in [5.74, 6) is -0.284. The van der Waals surface area contributed by atoms with Crippen molar-refractivity contribution < 1.29 is 10.3 Å². The van der Waals surface area contributed by atoms with E-state index in [4.69, 9.17) is 0 Å². The first-order chi connectivity index (χ1) is 12.4. The average Bonchev–Trinajstić information content (AvgIpc) is 2.66. The number of benzene rings is 1. The summed E-state index contributed by atoms with van der Waals surface area (Å²) in [5.41, 5.74) is -0.613. The molecule has 0 fully saturated rings. The molecule has 2 heterocycles. The number of aromatic hydroxyl groups is 1. The number of hydrogen-bond donors (Lipinski definition) is 2. The van der Waals surface area contributed by atoms with Gasteiger partial charge < -0.3 is 5.11 Å². The van der Waals surface area contributed by atoms with Crippen LogP contribution in [0.15, 0.2) is 50.1 Å². The Kier molecular flexibility index (Phi) is 4.47. The van der Waals surface area contributed by atoms with Crippen LogP contribution in [-0.2, 0) is 14.1 Å². The van der Waals surface area contributed by atoms with Crippen LogP contribution in [0.2, 0.25) is 0 Å². The maximum Gasteiger partial charge on any atom is 0.333 e. The molecule has 2 aromatic rings. The first-order valence-corrected chi connectivity index (χ1v) is 8.05. The van der Waals surface area contributed by atoms with Gasteiger partial charge in [0.1, 0.15) is 17.3 Å². The van der Waals surface area contributed by atoms with Crippen LogP contribution in [0.1, 0.15) is 30.5 Å². The minimum absolute atomic E-state index is 0.152. The molecule has 1 atom stereocenters. The van der Waals surface area contributed by atoms with Crippen molar-refractivity contribution in [3.63, 3.8) is 0 Å². The summed E-state index contributed by atoms with van der Waals surface area (Å²) in [6, 6.07) is 7.81. The Bertz CT molecular complexity index is 1020. The van der Waals surface area contributed by atoms with Gasteiger partial charge >= 0.3 is 5.69 Å². The molecule has 9 heteroatoms. The molecule has 9 nitrogen and oxygen atoms in total. The van der Waals surface area contributed by atoms with Crippen molar-refractivity contribution in [3.05, 3.63) is 62.3 Å². The summed E-state index contributed by atoms with van der Waals surface area (Å²) in [4.78, 5) is 24.8. The molecule has 3 rings (SSSR count). The van der Waals surface area contributed by atoms with Gasteiger partial charge in [0.25, 0.3) is 5.56 Å². The maximum absolute atomic E-state index is 12.7. The highest BCUT2D eigenvalue weighted by Gasteiger charge is 2.36. The van der Waals surface area contributed by atoms with E-state index in [0.29, 0.717) is 12.0 Å². The molecule has 1 aromatic carbocycles. The van der Waals surface area contributed by atoms with Crippen molar-refractivity contribution in [1.29, 1.82) is 0 Å². The van der Waals surface area contributed by atoms with E-state index in [-0.39, 0.29) is 17.1 Å². The number of rotatable bonds is 3. The Morgan fingerprint density at radius 2 is 1.73 bits per heavy atom. The van der Waals surface area contributed by atoms with Crippen molar-refractivity contribution in [2.75, 3.05) is 0 Å². The molecule has 26 heavy (non-hydrogen) atoms. The van der Waals surface area contributed by atoms with Crippen molar-refractivity contribution in [2.24, 2.45) is 24.3 Å². The number of amidine groups is 1. The quantitative estimate of drug-likeness (QED) is 0.842. The molecular formula is C17H19N5O4. The second kappa shape index (κ2) is 6.60. The number of hydrogen-bond acceptors (Lipinski definition) is 7. The Balaban J connectivity index is 2.32. The highest BCUT2D eigenvalue weighted by molar-refractivity contribution is 6.08. The van der Waals surface area contributed by atoms with Crippen LogP contribution >= 0.6 is 0 Å². The SMILES string of the molecule is CCC1=NN=C(c2ccccc2)C(c2c(O)n(C)c(=O)n(C)c2=O)N1O. The fourth-order valence-electron chi connectivity index (χ4n) is 2.89. The Morgan fingerprint density at radius 3 is 2.35 bits per heavy atom. The summed E-state index contributed by atoms with van der Waals surface area (Å²) >= 11 is 0. The smallest absolute Gasteiger partial charge is 0.333 e. The Labute approximate surface area is 148 Å². The summed E-state index contributed by atoms with van der Waals surface area (Å²) in [7, 11) is 2.66. The zero-order valence-corrected chi connectivity index (χ0v) is 14.6. The van der Waals surface area contributed by atoms with E-state index >= 15 is 0 Å². The number of nitrogens with zero attached hydrogens (tertiary/aromatic N) is 5. The van der Waals surface area contributed by atoms with Crippen molar-refractivity contribution in [2.45, 2.75) is 19.4 Å². The summed E-state index contributed by atoms with van der Waals surface area (Å²) in [6.45, 7) is 1.78. The lowest BCUT2D eigenvalue weighted by Gasteiger charge is -2.31. The van der Waals surface area contributed by atoms with E-state index in [1.807, 2.05) is 6.07 Å². The van der Waals surface area contributed by atoms with Gasteiger partial charge in [0, 0.05) is 26.1 Å². The minimum atomic E-state index is -1.10. The van der Waals surface area contributed by atoms with Crippen LogP contribution < -0.4 is 11.2 Å². The monoisotopic (exact) mass is 357 g/mol. The minimum Gasteiger partial charge on any atom is -0.494 e. The van der Waals surface area contributed by atoms with Crippen LogP contribution in [0.5, 0.6) is 5.88 Å². The fourth-order valence-corrected chi connectivity index (χ4v) is 2.89. The highest BCUT2D eigenvalue weighted by atomic mass is 16.5.